The van der Waals surface area contributed by atoms with Crippen LogP contribution in [-0.4, -0.2) is 51.8 Å². The van der Waals surface area contributed by atoms with Gasteiger partial charge in [-0.1, -0.05) is 18.2 Å². The van der Waals surface area contributed by atoms with Crippen molar-refractivity contribution in [2.75, 3.05) is 32.6 Å². The van der Waals surface area contributed by atoms with Crippen LogP contribution in [0.4, 0.5) is 0 Å². The lowest BCUT2D eigenvalue weighted by Gasteiger charge is -2.27. The molecular formula is C24H30N2O4S2. The zero-order chi connectivity index (χ0) is 22.7. The quantitative estimate of drug-likeness (QED) is 0.645. The van der Waals surface area contributed by atoms with Gasteiger partial charge in [0.1, 0.15) is 0 Å². The van der Waals surface area contributed by atoms with E-state index in [1.165, 1.54) is 41.8 Å². The summed E-state index contributed by atoms with van der Waals surface area (Å²) >= 11 is 1.44. The van der Waals surface area contributed by atoms with Crippen molar-refractivity contribution in [1.29, 1.82) is 0 Å². The number of sulfonamides is 1. The molecule has 4 rings (SSSR count). The SMILES string of the molecule is CSc1ccc(S(=O)(=O)N[C@@H](C)c2ccc3c(c2)CCCC3)cc1C(=O)N1CCOCC1. The number of morpholine rings is 1. The number of benzene rings is 2. The molecule has 8 heteroatoms. The molecule has 1 heterocycles. The summed E-state index contributed by atoms with van der Waals surface area (Å²) in [6.45, 7) is 3.88. The first-order chi connectivity index (χ1) is 15.4. The van der Waals surface area contributed by atoms with Gasteiger partial charge in [0.2, 0.25) is 10.0 Å². The first-order valence-corrected chi connectivity index (χ1v) is 13.8. The van der Waals surface area contributed by atoms with E-state index in [0.717, 1.165) is 23.3 Å². The molecule has 1 N–H and O–H groups in total. The van der Waals surface area contributed by atoms with Gasteiger partial charge in [0, 0.05) is 24.0 Å². The van der Waals surface area contributed by atoms with E-state index < -0.39 is 10.0 Å². The fourth-order valence-electron chi connectivity index (χ4n) is 4.35. The van der Waals surface area contributed by atoms with E-state index in [9.17, 15) is 13.2 Å². The Labute approximate surface area is 194 Å². The Morgan fingerprint density at radius 2 is 1.78 bits per heavy atom. The molecule has 2 aliphatic rings. The van der Waals surface area contributed by atoms with Crippen molar-refractivity contribution in [3.05, 3.63) is 58.7 Å². The fourth-order valence-corrected chi connectivity index (χ4v) is 6.18. The molecule has 6 nitrogen and oxygen atoms in total. The minimum absolute atomic E-state index is 0.108. The van der Waals surface area contributed by atoms with E-state index in [4.69, 9.17) is 4.74 Å². The first kappa shape index (κ1) is 23.3. The van der Waals surface area contributed by atoms with Crippen molar-refractivity contribution in [2.24, 2.45) is 0 Å². The molecule has 172 valence electrons. The molecule has 1 saturated heterocycles. The van der Waals surface area contributed by atoms with Crippen LogP contribution in [0.3, 0.4) is 0 Å². The van der Waals surface area contributed by atoms with Gasteiger partial charge in [0.25, 0.3) is 5.91 Å². The second-order valence-corrected chi connectivity index (χ2v) is 10.9. The van der Waals surface area contributed by atoms with Gasteiger partial charge in [-0.2, -0.15) is 0 Å². The van der Waals surface area contributed by atoms with E-state index in [2.05, 4.69) is 16.9 Å². The lowest BCUT2D eigenvalue weighted by Crippen LogP contribution is -2.41. The van der Waals surface area contributed by atoms with Crippen LogP contribution in [0.2, 0.25) is 0 Å². The van der Waals surface area contributed by atoms with Gasteiger partial charge in [0.05, 0.1) is 23.7 Å². The van der Waals surface area contributed by atoms with Gasteiger partial charge >= 0.3 is 0 Å². The molecule has 32 heavy (non-hydrogen) atoms. The lowest BCUT2D eigenvalue weighted by molar-refractivity contribution is 0.0300. The number of hydrogen-bond acceptors (Lipinski definition) is 5. The molecular weight excluding hydrogens is 444 g/mol. The fraction of sp³-hybridized carbons (Fsp3) is 0.458. The topological polar surface area (TPSA) is 75.7 Å². The average molecular weight is 475 g/mol. The largest absolute Gasteiger partial charge is 0.378 e. The second-order valence-electron chi connectivity index (χ2n) is 8.34. The molecule has 1 amide bonds. The van der Waals surface area contributed by atoms with Crippen molar-refractivity contribution in [1.82, 2.24) is 9.62 Å². The second kappa shape index (κ2) is 9.95. The number of nitrogens with one attached hydrogen (secondary N) is 1. The van der Waals surface area contributed by atoms with Crippen LogP contribution in [0.15, 0.2) is 46.2 Å². The number of carbonyl (C=O) groups excluding carboxylic acids is 1. The summed E-state index contributed by atoms with van der Waals surface area (Å²) < 4.78 is 34.5. The van der Waals surface area contributed by atoms with Crippen molar-refractivity contribution < 1.29 is 17.9 Å². The Kier molecular flexibility index (Phi) is 7.24. The van der Waals surface area contributed by atoms with E-state index in [1.54, 1.807) is 17.0 Å². The summed E-state index contributed by atoms with van der Waals surface area (Å²) in [7, 11) is -3.80. The Morgan fingerprint density at radius 3 is 2.50 bits per heavy atom. The van der Waals surface area contributed by atoms with Crippen molar-refractivity contribution >= 4 is 27.7 Å². The number of rotatable bonds is 6. The number of hydrogen-bond donors (Lipinski definition) is 1. The highest BCUT2D eigenvalue weighted by molar-refractivity contribution is 7.98. The predicted molar refractivity (Wildman–Crippen MR) is 127 cm³/mol. The van der Waals surface area contributed by atoms with Gasteiger partial charge in [-0.25, -0.2) is 13.1 Å². The van der Waals surface area contributed by atoms with Gasteiger partial charge in [-0.05, 0) is 73.8 Å². The van der Waals surface area contributed by atoms with E-state index >= 15 is 0 Å². The van der Waals surface area contributed by atoms with E-state index in [-0.39, 0.29) is 16.8 Å². The average Bonchev–Trinajstić information content (AvgIpc) is 2.83. The number of nitrogens with zero attached hydrogens (tertiary/aromatic N) is 1. The summed E-state index contributed by atoms with van der Waals surface area (Å²) in [5, 5.41) is 0. The number of thioether (sulfide) groups is 1. The van der Waals surface area contributed by atoms with Crippen LogP contribution in [0.5, 0.6) is 0 Å². The molecule has 0 aromatic heterocycles. The molecule has 2 aromatic carbocycles. The molecule has 0 unspecified atom stereocenters. The number of carbonyl (C=O) groups is 1. The molecule has 1 fully saturated rings. The van der Waals surface area contributed by atoms with Gasteiger partial charge < -0.3 is 9.64 Å². The normalized spacial score (nSPS) is 17.6. The van der Waals surface area contributed by atoms with Crippen LogP contribution in [0, 0.1) is 0 Å². The van der Waals surface area contributed by atoms with E-state index in [1.807, 2.05) is 19.2 Å². The maximum atomic E-state index is 13.2. The Hall–Kier alpha value is -1.87. The monoisotopic (exact) mass is 474 g/mol. The molecule has 0 spiro atoms. The maximum absolute atomic E-state index is 13.2. The highest BCUT2D eigenvalue weighted by Gasteiger charge is 2.25. The zero-order valence-corrected chi connectivity index (χ0v) is 20.2. The zero-order valence-electron chi connectivity index (χ0n) is 18.6. The van der Waals surface area contributed by atoms with Gasteiger partial charge in [0.15, 0.2) is 0 Å². The molecule has 1 atom stereocenters. The summed E-state index contributed by atoms with van der Waals surface area (Å²) in [6, 6.07) is 10.7. The third kappa shape index (κ3) is 5.03. The highest BCUT2D eigenvalue weighted by Crippen LogP contribution is 2.28. The third-order valence-corrected chi connectivity index (χ3v) is 8.55. The molecule has 0 saturated carbocycles. The van der Waals surface area contributed by atoms with Crippen LogP contribution < -0.4 is 4.72 Å². The number of fused-ring (bicyclic) bond motifs is 1. The highest BCUT2D eigenvalue weighted by atomic mass is 32.2. The minimum atomic E-state index is -3.80. The summed E-state index contributed by atoms with van der Waals surface area (Å²) in [4.78, 5) is 15.7. The van der Waals surface area contributed by atoms with Gasteiger partial charge in [-0.15, -0.1) is 11.8 Å². The molecule has 2 aromatic rings. The summed E-state index contributed by atoms with van der Waals surface area (Å²) in [5.74, 6) is -0.155. The maximum Gasteiger partial charge on any atom is 0.255 e. The van der Waals surface area contributed by atoms with Crippen molar-refractivity contribution in [3.8, 4) is 0 Å². The third-order valence-electron chi connectivity index (χ3n) is 6.21. The molecule has 0 radical (unpaired) electrons. The molecule has 0 bridgehead atoms. The Balaban J connectivity index is 1.57. The van der Waals surface area contributed by atoms with Crippen molar-refractivity contribution in [2.45, 2.75) is 48.4 Å². The number of amides is 1. The molecule has 1 aliphatic carbocycles. The number of ether oxygens (including phenoxy) is 1. The van der Waals surface area contributed by atoms with Crippen molar-refractivity contribution in [3.63, 3.8) is 0 Å². The minimum Gasteiger partial charge on any atom is -0.378 e. The smallest absolute Gasteiger partial charge is 0.255 e. The van der Waals surface area contributed by atoms with Gasteiger partial charge in [-0.3, -0.25) is 4.79 Å². The van der Waals surface area contributed by atoms with Crippen LogP contribution in [-0.2, 0) is 27.6 Å². The number of aryl methyl sites for hydroxylation is 2. The van der Waals surface area contributed by atoms with E-state index in [0.29, 0.717) is 31.9 Å². The van der Waals surface area contributed by atoms with Crippen LogP contribution >= 0.6 is 11.8 Å². The standard InChI is InChI=1S/C24H30N2O4S2/c1-17(19-8-7-18-5-3-4-6-20(18)15-19)25-32(28,29)21-9-10-23(31-2)22(16-21)24(27)26-11-13-30-14-12-26/h7-10,15-17,25H,3-6,11-14H2,1-2H3/t17-/m0/s1. The molecule has 1 aliphatic heterocycles. The predicted octanol–water partition coefficient (Wildman–Crippen LogP) is 3.80. The van der Waals surface area contributed by atoms with Crippen LogP contribution in [0.25, 0.3) is 0 Å². The summed E-state index contributed by atoms with van der Waals surface area (Å²) in [6.07, 6.45) is 6.42. The summed E-state index contributed by atoms with van der Waals surface area (Å²) in [5.41, 5.74) is 4.07. The first-order valence-electron chi connectivity index (χ1n) is 11.1. The Bertz CT molecular complexity index is 1100. The lowest BCUT2D eigenvalue weighted by atomic mass is 9.89. The Morgan fingerprint density at radius 1 is 1.06 bits per heavy atom. The van der Waals surface area contributed by atoms with Crippen LogP contribution in [0.1, 0.15) is 52.9 Å².